The highest BCUT2D eigenvalue weighted by Crippen LogP contribution is 2.31. The van der Waals surface area contributed by atoms with Crippen LogP contribution in [-0.4, -0.2) is 24.4 Å². The Morgan fingerprint density at radius 2 is 1.86 bits per heavy atom. The molecule has 1 unspecified atom stereocenters. The number of nitrogens with one attached hydrogen (secondary N) is 2. The third-order valence-corrected chi connectivity index (χ3v) is 3.66. The minimum Gasteiger partial charge on any atom is -0.350 e. The van der Waals surface area contributed by atoms with Gasteiger partial charge in [0.2, 0.25) is 5.91 Å². The van der Waals surface area contributed by atoms with Crippen molar-refractivity contribution >= 4 is 17.5 Å². The summed E-state index contributed by atoms with van der Waals surface area (Å²) in [6.07, 6.45) is 2.34. The van der Waals surface area contributed by atoms with E-state index in [4.69, 9.17) is 5.73 Å². The summed E-state index contributed by atoms with van der Waals surface area (Å²) in [7, 11) is 0. The van der Waals surface area contributed by atoms with Gasteiger partial charge in [-0.1, -0.05) is 13.8 Å². The van der Waals surface area contributed by atoms with Crippen LogP contribution < -0.4 is 16.4 Å². The monoisotopic (exact) mass is 289 g/mol. The van der Waals surface area contributed by atoms with Crippen molar-refractivity contribution in [3.63, 3.8) is 0 Å². The van der Waals surface area contributed by atoms with E-state index in [2.05, 4.69) is 10.6 Å². The minimum absolute atomic E-state index is 0.0393. The maximum absolute atomic E-state index is 12.0. The van der Waals surface area contributed by atoms with E-state index >= 15 is 0 Å². The Kier molecular flexibility index (Phi) is 4.96. The van der Waals surface area contributed by atoms with Crippen LogP contribution in [0.3, 0.4) is 0 Å². The second-order valence-electron chi connectivity index (χ2n) is 5.93. The molecule has 5 nitrogen and oxygen atoms in total. The summed E-state index contributed by atoms with van der Waals surface area (Å²) in [6, 6.07) is 6.92. The van der Waals surface area contributed by atoms with Crippen LogP contribution in [0.2, 0.25) is 0 Å². The first-order valence-corrected chi connectivity index (χ1v) is 7.42. The first-order valence-electron chi connectivity index (χ1n) is 7.42. The molecule has 1 aliphatic carbocycles. The van der Waals surface area contributed by atoms with E-state index < -0.39 is 0 Å². The number of amides is 2. The molecule has 21 heavy (non-hydrogen) atoms. The lowest BCUT2D eigenvalue weighted by Gasteiger charge is -2.12. The van der Waals surface area contributed by atoms with Crippen molar-refractivity contribution in [1.82, 2.24) is 5.32 Å². The number of benzene rings is 1. The van der Waals surface area contributed by atoms with Crippen molar-refractivity contribution in [3.05, 3.63) is 29.8 Å². The van der Waals surface area contributed by atoms with E-state index in [-0.39, 0.29) is 23.8 Å². The average Bonchev–Trinajstić information content (AvgIpc) is 3.29. The molecule has 1 aliphatic rings. The van der Waals surface area contributed by atoms with Crippen LogP contribution in [0.4, 0.5) is 5.69 Å². The van der Waals surface area contributed by atoms with Gasteiger partial charge in [-0.3, -0.25) is 9.59 Å². The van der Waals surface area contributed by atoms with Crippen molar-refractivity contribution in [2.45, 2.75) is 32.7 Å². The minimum atomic E-state index is -0.132. The zero-order chi connectivity index (χ0) is 15.4. The van der Waals surface area contributed by atoms with Crippen molar-refractivity contribution in [2.75, 3.05) is 11.9 Å². The molecule has 0 radical (unpaired) electrons. The topological polar surface area (TPSA) is 84.2 Å². The van der Waals surface area contributed by atoms with Crippen molar-refractivity contribution in [2.24, 2.45) is 17.6 Å². The molecule has 0 spiro atoms. The Labute approximate surface area is 125 Å². The highest BCUT2D eigenvalue weighted by Gasteiger charge is 2.28. The Hall–Kier alpha value is -1.88. The molecule has 0 aliphatic heterocycles. The summed E-state index contributed by atoms with van der Waals surface area (Å²) in [5.74, 6) is 0.325. The summed E-state index contributed by atoms with van der Waals surface area (Å²) in [5.41, 5.74) is 7.21. The molecule has 5 heteroatoms. The fourth-order valence-corrected chi connectivity index (χ4v) is 2.00. The van der Waals surface area contributed by atoms with E-state index in [1.54, 1.807) is 24.3 Å². The van der Waals surface area contributed by atoms with Crippen LogP contribution in [0.15, 0.2) is 24.3 Å². The smallest absolute Gasteiger partial charge is 0.251 e. The van der Waals surface area contributed by atoms with Crippen LogP contribution in [0, 0.1) is 11.8 Å². The van der Waals surface area contributed by atoms with Gasteiger partial charge in [-0.05, 0) is 43.0 Å². The lowest BCUT2D eigenvalue weighted by atomic mass is 10.1. The SMILES string of the molecule is CC(C)C(=O)Nc1ccc(C(=O)NCC(N)C2CC2)cc1. The molecule has 0 aromatic heterocycles. The van der Waals surface area contributed by atoms with Gasteiger partial charge in [0.1, 0.15) is 0 Å². The summed E-state index contributed by atoms with van der Waals surface area (Å²) in [4.78, 5) is 23.6. The number of nitrogens with two attached hydrogens (primary N) is 1. The molecular formula is C16H23N3O2. The summed E-state index contributed by atoms with van der Waals surface area (Å²) < 4.78 is 0. The zero-order valence-corrected chi connectivity index (χ0v) is 12.6. The predicted octanol–water partition coefficient (Wildman–Crippen LogP) is 1.75. The number of carbonyl (C=O) groups excluding carboxylic acids is 2. The number of hydrogen-bond donors (Lipinski definition) is 3. The largest absolute Gasteiger partial charge is 0.350 e. The van der Waals surface area contributed by atoms with Crippen molar-refractivity contribution < 1.29 is 9.59 Å². The first kappa shape index (κ1) is 15.5. The molecule has 1 aromatic rings. The van der Waals surface area contributed by atoms with Crippen molar-refractivity contribution in [3.8, 4) is 0 Å². The Morgan fingerprint density at radius 1 is 1.24 bits per heavy atom. The van der Waals surface area contributed by atoms with Gasteiger partial charge in [0.15, 0.2) is 0 Å². The maximum Gasteiger partial charge on any atom is 0.251 e. The molecule has 1 fully saturated rings. The molecule has 114 valence electrons. The van der Waals surface area contributed by atoms with E-state index in [9.17, 15) is 9.59 Å². The van der Waals surface area contributed by atoms with Gasteiger partial charge in [-0.15, -0.1) is 0 Å². The maximum atomic E-state index is 12.0. The molecule has 2 amide bonds. The van der Waals surface area contributed by atoms with Gasteiger partial charge >= 0.3 is 0 Å². The molecule has 4 N–H and O–H groups in total. The first-order chi connectivity index (χ1) is 9.97. The van der Waals surface area contributed by atoms with Gasteiger partial charge in [0.05, 0.1) is 0 Å². The molecule has 1 aromatic carbocycles. The fourth-order valence-electron chi connectivity index (χ4n) is 2.00. The Morgan fingerprint density at radius 3 is 2.38 bits per heavy atom. The lowest BCUT2D eigenvalue weighted by Crippen LogP contribution is -2.38. The molecule has 2 rings (SSSR count). The van der Waals surface area contributed by atoms with Gasteiger partial charge in [-0.2, -0.15) is 0 Å². The fraction of sp³-hybridized carbons (Fsp3) is 0.500. The molecule has 1 saturated carbocycles. The molecule has 0 saturated heterocycles. The summed E-state index contributed by atoms with van der Waals surface area (Å²) >= 11 is 0. The molecule has 0 bridgehead atoms. The number of rotatable bonds is 6. The van der Waals surface area contributed by atoms with Crippen molar-refractivity contribution in [1.29, 1.82) is 0 Å². The van der Waals surface area contributed by atoms with Crippen LogP contribution in [-0.2, 0) is 4.79 Å². The summed E-state index contributed by atoms with van der Waals surface area (Å²) in [5, 5.41) is 5.64. The zero-order valence-electron chi connectivity index (χ0n) is 12.6. The second kappa shape index (κ2) is 6.72. The van der Waals surface area contributed by atoms with Gasteiger partial charge in [0, 0.05) is 29.8 Å². The normalized spacial score (nSPS) is 15.6. The van der Waals surface area contributed by atoms with E-state index in [0.717, 1.165) is 0 Å². The molecular weight excluding hydrogens is 266 g/mol. The van der Waals surface area contributed by atoms with Gasteiger partial charge < -0.3 is 16.4 Å². The quantitative estimate of drug-likeness (QED) is 0.746. The Bertz CT molecular complexity index is 507. The number of anilines is 1. The Balaban J connectivity index is 1.85. The third kappa shape index (κ3) is 4.56. The van der Waals surface area contributed by atoms with Gasteiger partial charge in [0.25, 0.3) is 5.91 Å². The van der Waals surface area contributed by atoms with Crippen LogP contribution in [0.1, 0.15) is 37.0 Å². The number of hydrogen-bond acceptors (Lipinski definition) is 3. The highest BCUT2D eigenvalue weighted by molar-refractivity contribution is 5.96. The molecule has 0 heterocycles. The lowest BCUT2D eigenvalue weighted by molar-refractivity contribution is -0.118. The standard InChI is InChI=1S/C16H23N3O2/c1-10(2)15(20)19-13-7-5-12(6-8-13)16(21)18-9-14(17)11-3-4-11/h5-8,10-11,14H,3-4,9,17H2,1-2H3,(H,18,21)(H,19,20). The molecule has 1 atom stereocenters. The van der Waals surface area contributed by atoms with E-state index in [1.807, 2.05) is 13.8 Å². The highest BCUT2D eigenvalue weighted by atomic mass is 16.2. The summed E-state index contributed by atoms with van der Waals surface area (Å²) in [6.45, 7) is 4.18. The van der Waals surface area contributed by atoms with Gasteiger partial charge in [-0.25, -0.2) is 0 Å². The average molecular weight is 289 g/mol. The predicted molar refractivity (Wildman–Crippen MR) is 82.9 cm³/mol. The second-order valence-corrected chi connectivity index (χ2v) is 5.93. The number of carbonyl (C=O) groups is 2. The van der Waals surface area contributed by atoms with Crippen LogP contribution >= 0.6 is 0 Å². The van der Waals surface area contributed by atoms with Crippen LogP contribution in [0.5, 0.6) is 0 Å². The van der Waals surface area contributed by atoms with Crippen LogP contribution in [0.25, 0.3) is 0 Å². The van der Waals surface area contributed by atoms with E-state index in [1.165, 1.54) is 12.8 Å². The third-order valence-electron chi connectivity index (χ3n) is 3.66. The van der Waals surface area contributed by atoms with E-state index in [0.29, 0.717) is 23.7 Å².